The van der Waals surface area contributed by atoms with E-state index in [2.05, 4.69) is 21.2 Å². The lowest BCUT2D eigenvalue weighted by molar-refractivity contribution is -0.140. The van der Waals surface area contributed by atoms with Gasteiger partial charge in [-0.15, -0.1) is 0 Å². The second-order valence-corrected chi connectivity index (χ2v) is 7.74. The van der Waals surface area contributed by atoms with Crippen molar-refractivity contribution in [2.24, 2.45) is 11.8 Å². The summed E-state index contributed by atoms with van der Waals surface area (Å²) in [6.45, 7) is 2.10. The molecule has 0 unspecified atom stereocenters. The molecule has 0 aromatic heterocycles. The van der Waals surface area contributed by atoms with E-state index >= 15 is 0 Å². The van der Waals surface area contributed by atoms with Gasteiger partial charge in [0.05, 0.1) is 17.9 Å². The van der Waals surface area contributed by atoms with E-state index in [1.807, 2.05) is 31.2 Å². The van der Waals surface area contributed by atoms with E-state index in [0.29, 0.717) is 0 Å². The molecular formula is C19H23BrN2O3. The van der Waals surface area contributed by atoms with Crippen LogP contribution in [0.4, 0.5) is 0 Å². The first-order valence-corrected chi connectivity index (χ1v) is 9.67. The summed E-state index contributed by atoms with van der Waals surface area (Å²) in [5, 5.41) is 2.94. The topological polar surface area (TPSA) is 66.5 Å². The first-order valence-electron chi connectivity index (χ1n) is 8.88. The fourth-order valence-electron chi connectivity index (χ4n) is 3.88. The number of rotatable bonds is 5. The van der Waals surface area contributed by atoms with Crippen molar-refractivity contribution in [2.75, 3.05) is 6.54 Å². The second-order valence-electron chi connectivity index (χ2n) is 6.89. The van der Waals surface area contributed by atoms with Crippen LogP contribution in [0, 0.1) is 11.8 Å². The number of fused-ring (bicyclic) bond motifs is 1. The number of nitrogens with one attached hydrogen (secondary N) is 1. The van der Waals surface area contributed by atoms with Crippen molar-refractivity contribution in [1.29, 1.82) is 0 Å². The highest BCUT2D eigenvalue weighted by atomic mass is 79.9. The van der Waals surface area contributed by atoms with Crippen molar-refractivity contribution in [3.05, 3.63) is 34.3 Å². The number of amides is 3. The zero-order chi connectivity index (χ0) is 18.0. The summed E-state index contributed by atoms with van der Waals surface area (Å²) in [4.78, 5) is 38.4. The molecule has 3 amide bonds. The molecule has 1 aromatic carbocycles. The van der Waals surface area contributed by atoms with Crippen LogP contribution in [0.2, 0.25) is 0 Å². The molecule has 1 N–H and O–H groups in total. The van der Waals surface area contributed by atoms with Crippen molar-refractivity contribution < 1.29 is 14.4 Å². The number of likely N-dealkylation sites (tertiary alicyclic amines) is 1. The van der Waals surface area contributed by atoms with Crippen LogP contribution in [0.5, 0.6) is 0 Å². The Morgan fingerprint density at radius 3 is 2.40 bits per heavy atom. The average molecular weight is 407 g/mol. The third-order valence-electron chi connectivity index (χ3n) is 5.24. The molecule has 5 nitrogen and oxygen atoms in total. The summed E-state index contributed by atoms with van der Waals surface area (Å²) in [6, 6.07) is 7.59. The number of imide groups is 1. The van der Waals surface area contributed by atoms with Gasteiger partial charge >= 0.3 is 0 Å². The van der Waals surface area contributed by atoms with Crippen molar-refractivity contribution in [3.8, 4) is 0 Å². The smallest absolute Gasteiger partial charge is 0.233 e. The molecule has 6 heteroatoms. The summed E-state index contributed by atoms with van der Waals surface area (Å²) in [6.07, 6.45) is 3.77. The Morgan fingerprint density at radius 1 is 1.20 bits per heavy atom. The molecule has 3 atom stereocenters. The average Bonchev–Trinajstić information content (AvgIpc) is 2.85. The molecule has 2 aliphatic rings. The van der Waals surface area contributed by atoms with Gasteiger partial charge in [-0.05, 0) is 31.4 Å². The lowest BCUT2D eigenvalue weighted by Crippen LogP contribution is -2.36. The maximum atomic E-state index is 12.4. The summed E-state index contributed by atoms with van der Waals surface area (Å²) in [7, 11) is 0. The van der Waals surface area contributed by atoms with Crippen LogP contribution >= 0.6 is 15.9 Å². The van der Waals surface area contributed by atoms with E-state index in [1.165, 1.54) is 4.90 Å². The first-order chi connectivity index (χ1) is 12.0. The van der Waals surface area contributed by atoms with Crippen LogP contribution in [0.3, 0.4) is 0 Å². The Labute approximate surface area is 156 Å². The quantitative estimate of drug-likeness (QED) is 0.763. The van der Waals surface area contributed by atoms with Gasteiger partial charge in [0, 0.05) is 17.4 Å². The van der Waals surface area contributed by atoms with Gasteiger partial charge in [0.15, 0.2) is 0 Å². The number of hydrogen-bond donors (Lipinski definition) is 1. The Hall–Kier alpha value is -1.69. The predicted molar refractivity (Wildman–Crippen MR) is 97.5 cm³/mol. The molecule has 1 aromatic rings. The summed E-state index contributed by atoms with van der Waals surface area (Å²) in [5.74, 6) is -0.617. The molecule has 0 bridgehead atoms. The van der Waals surface area contributed by atoms with Crippen LogP contribution in [0.15, 0.2) is 28.7 Å². The lowest BCUT2D eigenvalue weighted by Gasteiger charge is -2.19. The van der Waals surface area contributed by atoms with Gasteiger partial charge in [0.2, 0.25) is 17.7 Å². The van der Waals surface area contributed by atoms with E-state index in [9.17, 15) is 14.4 Å². The second kappa shape index (κ2) is 7.68. The zero-order valence-corrected chi connectivity index (χ0v) is 15.9. The molecule has 1 aliphatic carbocycles. The molecule has 1 aliphatic heterocycles. The Balaban J connectivity index is 1.55. The Kier molecular flexibility index (Phi) is 5.57. The molecule has 1 saturated heterocycles. The van der Waals surface area contributed by atoms with Crippen LogP contribution in [-0.2, 0) is 14.4 Å². The normalized spacial score (nSPS) is 24.2. The van der Waals surface area contributed by atoms with E-state index in [-0.39, 0.29) is 48.6 Å². The number of halogens is 1. The monoisotopic (exact) mass is 406 g/mol. The van der Waals surface area contributed by atoms with Gasteiger partial charge < -0.3 is 5.32 Å². The van der Waals surface area contributed by atoms with Gasteiger partial charge in [-0.3, -0.25) is 19.3 Å². The fraction of sp³-hybridized carbons (Fsp3) is 0.526. The molecule has 1 saturated carbocycles. The van der Waals surface area contributed by atoms with Crippen LogP contribution in [0.1, 0.15) is 50.6 Å². The first kappa shape index (κ1) is 18.1. The van der Waals surface area contributed by atoms with Crippen molar-refractivity contribution >= 4 is 33.7 Å². The standard InChI is InChI=1S/C19H23BrN2O3/c1-12(13-6-4-5-9-16(13)20)21-17(23)10-11-22-18(24)14-7-2-3-8-15(14)19(22)25/h4-6,9,12,14-15H,2-3,7-8,10-11H2,1H3,(H,21,23)/t12-,14-,15+/m0/s1. The summed E-state index contributed by atoms with van der Waals surface area (Å²) in [5.41, 5.74) is 0.996. The van der Waals surface area contributed by atoms with Gasteiger partial charge in [-0.25, -0.2) is 0 Å². The van der Waals surface area contributed by atoms with Gasteiger partial charge in [0.1, 0.15) is 0 Å². The molecule has 0 spiro atoms. The van der Waals surface area contributed by atoms with Crippen LogP contribution < -0.4 is 5.32 Å². The minimum absolute atomic E-state index is 0.0821. The van der Waals surface area contributed by atoms with Crippen molar-refractivity contribution in [2.45, 2.75) is 45.1 Å². The fourth-order valence-corrected chi connectivity index (χ4v) is 4.51. The number of benzene rings is 1. The predicted octanol–water partition coefficient (Wildman–Crippen LogP) is 3.19. The Bertz CT molecular complexity index is 667. The van der Waals surface area contributed by atoms with Gasteiger partial charge in [0.25, 0.3) is 0 Å². The highest BCUT2D eigenvalue weighted by Gasteiger charge is 2.47. The maximum Gasteiger partial charge on any atom is 0.233 e. The highest BCUT2D eigenvalue weighted by molar-refractivity contribution is 9.10. The summed E-state index contributed by atoms with van der Waals surface area (Å²) < 4.78 is 0.941. The third kappa shape index (κ3) is 3.78. The summed E-state index contributed by atoms with van der Waals surface area (Å²) >= 11 is 3.48. The molecule has 134 valence electrons. The van der Waals surface area contributed by atoms with Gasteiger partial charge in [-0.1, -0.05) is 47.0 Å². The van der Waals surface area contributed by atoms with Crippen LogP contribution in [0.25, 0.3) is 0 Å². The minimum atomic E-state index is -0.154. The molecule has 0 radical (unpaired) electrons. The number of hydrogen-bond acceptors (Lipinski definition) is 3. The molecular weight excluding hydrogens is 384 g/mol. The SMILES string of the molecule is C[C@H](NC(=O)CCN1C(=O)[C@H]2CCCC[C@H]2C1=O)c1ccccc1Br. The molecule has 25 heavy (non-hydrogen) atoms. The van der Waals surface area contributed by atoms with Crippen LogP contribution in [-0.4, -0.2) is 29.2 Å². The highest BCUT2D eigenvalue weighted by Crippen LogP contribution is 2.38. The third-order valence-corrected chi connectivity index (χ3v) is 5.97. The number of carbonyl (C=O) groups is 3. The largest absolute Gasteiger partial charge is 0.349 e. The Morgan fingerprint density at radius 2 is 1.80 bits per heavy atom. The van der Waals surface area contributed by atoms with E-state index in [0.717, 1.165) is 35.7 Å². The maximum absolute atomic E-state index is 12.4. The number of carbonyl (C=O) groups excluding carboxylic acids is 3. The van der Waals surface area contributed by atoms with Crippen molar-refractivity contribution in [1.82, 2.24) is 10.2 Å². The lowest BCUT2D eigenvalue weighted by atomic mass is 9.81. The van der Waals surface area contributed by atoms with E-state index in [4.69, 9.17) is 0 Å². The zero-order valence-electron chi connectivity index (χ0n) is 14.3. The van der Waals surface area contributed by atoms with Crippen molar-refractivity contribution in [3.63, 3.8) is 0 Å². The minimum Gasteiger partial charge on any atom is -0.349 e. The van der Waals surface area contributed by atoms with Gasteiger partial charge in [-0.2, -0.15) is 0 Å². The van der Waals surface area contributed by atoms with E-state index in [1.54, 1.807) is 0 Å². The number of nitrogens with zero attached hydrogens (tertiary/aromatic N) is 1. The molecule has 2 fully saturated rings. The van der Waals surface area contributed by atoms with E-state index < -0.39 is 0 Å². The molecule has 3 rings (SSSR count). The molecule has 1 heterocycles.